The van der Waals surface area contributed by atoms with E-state index in [1.807, 2.05) is 36.4 Å². The summed E-state index contributed by atoms with van der Waals surface area (Å²) in [6.45, 7) is 0. The van der Waals surface area contributed by atoms with Crippen LogP contribution in [0.25, 0.3) is 32.7 Å². The summed E-state index contributed by atoms with van der Waals surface area (Å²) in [5.41, 5.74) is 1.13. The molecule has 0 fully saturated rings. The van der Waals surface area contributed by atoms with Crippen LogP contribution in [0, 0.1) is 0 Å². The molecule has 3 aromatic carbocycles. The maximum atomic E-state index is 12.6. The van der Waals surface area contributed by atoms with Crippen LogP contribution in [0.4, 0.5) is 0 Å². The van der Waals surface area contributed by atoms with Gasteiger partial charge >= 0.3 is 0 Å². The van der Waals surface area contributed by atoms with Gasteiger partial charge in [0.15, 0.2) is 0 Å². The topological polar surface area (TPSA) is 39.4 Å². The van der Waals surface area contributed by atoms with Crippen molar-refractivity contribution in [1.29, 1.82) is 0 Å². The van der Waals surface area contributed by atoms with Crippen molar-refractivity contribution in [2.24, 2.45) is 0 Å². The zero-order valence-electron chi connectivity index (χ0n) is 11.4. The van der Waals surface area contributed by atoms with E-state index in [2.05, 4.69) is 0 Å². The predicted octanol–water partition coefficient (Wildman–Crippen LogP) is 4.11. The van der Waals surface area contributed by atoms with Gasteiger partial charge < -0.3 is 9.15 Å². The van der Waals surface area contributed by atoms with E-state index in [4.69, 9.17) is 9.15 Å². The Labute approximate surface area is 120 Å². The molecule has 0 radical (unpaired) electrons. The molecule has 1 heterocycles. The van der Waals surface area contributed by atoms with E-state index in [1.165, 1.54) is 0 Å². The van der Waals surface area contributed by atoms with E-state index in [1.54, 1.807) is 25.3 Å². The Balaban J connectivity index is 2.19. The van der Waals surface area contributed by atoms with Gasteiger partial charge in [0, 0.05) is 6.07 Å². The maximum absolute atomic E-state index is 12.6. The molecule has 0 amide bonds. The highest BCUT2D eigenvalue weighted by Crippen LogP contribution is 2.26. The summed E-state index contributed by atoms with van der Waals surface area (Å²) in [5.74, 6) is 0.672. The number of fused-ring (bicyclic) bond motifs is 3. The van der Waals surface area contributed by atoms with Crippen molar-refractivity contribution in [2.45, 2.75) is 0 Å². The lowest BCUT2D eigenvalue weighted by molar-refractivity contribution is 0.414. The SMILES string of the molecule is COc1ccc2c(=O)c3cc4ccccc4cc3oc2c1. The van der Waals surface area contributed by atoms with Gasteiger partial charge in [-0.25, -0.2) is 0 Å². The standard InChI is InChI=1S/C18H12O3/c1-20-13-6-7-14-17(10-13)21-16-9-12-5-3-2-4-11(12)8-15(16)18(14)19/h2-10H,1H3. The number of methoxy groups -OCH3 is 1. The van der Waals surface area contributed by atoms with Crippen LogP contribution in [0.15, 0.2) is 63.8 Å². The number of rotatable bonds is 1. The fraction of sp³-hybridized carbons (Fsp3) is 0.0556. The Morgan fingerprint density at radius 2 is 1.57 bits per heavy atom. The van der Waals surface area contributed by atoms with Gasteiger partial charge in [-0.05, 0) is 35.0 Å². The quantitative estimate of drug-likeness (QED) is 0.491. The molecule has 0 bridgehead atoms. The lowest BCUT2D eigenvalue weighted by Gasteiger charge is -2.05. The van der Waals surface area contributed by atoms with Gasteiger partial charge in [-0.1, -0.05) is 24.3 Å². The Morgan fingerprint density at radius 3 is 2.33 bits per heavy atom. The number of ether oxygens (including phenoxy) is 1. The second-order valence-electron chi connectivity index (χ2n) is 4.99. The minimum atomic E-state index is -0.0142. The Kier molecular flexibility index (Phi) is 2.48. The largest absolute Gasteiger partial charge is 0.497 e. The van der Waals surface area contributed by atoms with E-state index in [-0.39, 0.29) is 5.43 Å². The first-order chi connectivity index (χ1) is 10.3. The van der Waals surface area contributed by atoms with Crippen molar-refractivity contribution in [3.8, 4) is 5.75 Å². The van der Waals surface area contributed by atoms with Crippen LogP contribution in [0.2, 0.25) is 0 Å². The average molecular weight is 276 g/mol. The molecule has 4 rings (SSSR count). The first kappa shape index (κ1) is 12.0. The molecule has 4 aromatic rings. The van der Waals surface area contributed by atoms with Crippen molar-refractivity contribution < 1.29 is 9.15 Å². The van der Waals surface area contributed by atoms with Crippen LogP contribution in [0.1, 0.15) is 0 Å². The summed E-state index contributed by atoms with van der Waals surface area (Å²) < 4.78 is 11.1. The molecule has 102 valence electrons. The molecular formula is C18H12O3. The molecule has 3 nitrogen and oxygen atoms in total. The number of hydrogen-bond acceptors (Lipinski definition) is 3. The Hall–Kier alpha value is -2.81. The summed E-state index contributed by atoms with van der Waals surface area (Å²) in [6.07, 6.45) is 0. The van der Waals surface area contributed by atoms with Crippen molar-refractivity contribution in [3.05, 3.63) is 64.8 Å². The number of hydrogen-bond donors (Lipinski definition) is 0. The molecule has 21 heavy (non-hydrogen) atoms. The summed E-state index contributed by atoms with van der Waals surface area (Å²) in [6, 6.07) is 17.0. The van der Waals surface area contributed by atoms with E-state index >= 15 is 0 Å². The summed E-state index contributed by atoms with van der Waals surface area (Å²) in [4.78, 5) is 12.6. The Bertz CT molecular complexity index is 1040. The van der Waals surface area contributed by atoms with Crippen LogP contribution in [-0.4, -0.2) is 7.11 Å². The van der Waals surface area contributed by atoms with Gasteiger partial charge in [-0.15, -0.1) is 0 Å². The highest BCUT2D eigenvalue weighted by molar-refractivity contribution is 5.99. The van der Waals surface area contributed by atoms with Crippen LogP contribution < -0.4 is 10.2 Å². The summed E-state index contributed by atoms with van der Waals surface area (Å²) in [5, 5.41) is 3.26. The van der Waals surface area contributed by atoms with Gasteiger partial charge in [-0.3, -0.25) is 4.79 Å². The molecule has 0 aliphatic heterocycles. The Morgan fingerprint density at radius 1 is 0.857 bits per heavy atom. The zero-order chi connectivity index (χ0) is 14.4. The fourth-order valence-corrected chi connectivity index (χ4v) is 2.65. The van der Waals surface area contributed by atoms with Crippen LogP contribution in [0.5, 0.6) is 5.75 Å². The van der Waals surface area contributed by atoms with Crippen LogP contribution in [0.3, 0.4) is 0 Å². The van der Waals surface area contributed by atoms with E-state index in [9.17, 15) is 4.79 Å². The third-order valence-electron chi connectivity index (χ3n) is 3.75. The molecule has 0 spiro atoms. The summed E-state index contributed by atoms with van der Waals surface area (Å²) >= 11 is 0. The fourth-order valence-electron chi connectivity index (χ4n) is 2.65. The molecule has 3 heteroatoms. The molecular weight excluding hydrogens is 264 g/mol. The third kappa shape index (κ3) is 1.78. The van der Waals surface area contributed by atoms with Gasteiger partial charge in [-0.2, -0.15) is 0 Å². The average Bonchev–Trinajstić information content (AvgIpc) is 2.53. The lowest BCUT2D eigenvalue weighted by Crippen LogP contribution is -2.02. The third-order valence-corrected chi connectivity index (χ3v) is 3.75. The van der Waals surface area contributed by atoms with E-state index in [0.29, 0.717) is 27.7 Å². The van der Waals surface area contributed by atoms with E-state index in [0.717, 1.165) is 10.8 Å². The first-order valence-corrected chi connectivity index (χ1v) is 6.69. The molecule has 0 N–H and O–H groups in total. The highest BCUT2D eigenvalue weighted by atomic mass is 16.5. The minimum absolute atomic E-state index is 0.0142. The van der Waals surface area contributed by atoms with Crippen LogP contribution in [-0.2, 0) is 0 Å². The van der Waals surface area contributed by atoms with Gasteiger partial charge in [0.25, 0.3) is 0 Å². The maximum Gasteiger partial charge on any atom is 0.200 e. The van der Waals surface area contributed by atoms with Gasteiger partial charge in [0.1, 0.15) is 16.9 Å². The lowest BCUT2D eigenvalue weighted by atomic mass is 10.1. The van der Waals surface area contributed by atoms with Gasteiger partial charge in [0.05, 0.1) is 17.9 Å². The smallest absolute Gasteiger partial charge is 0.200 e. The second-order valence-corrected chi connectivity index (χ2v) is 4.99. The first-order valence-electron chi connectivity index (χ1n) is 6.69. The van der Waals surface area contributed by atoms with Crippen molar-refractivity contribution in [1.82, 2.24) is 0 Å². The van der Waals surface area contributed by atoms with Crippen molar-refractivity contribution in [3.63, 3.8) is 0 Å². The molecule has 0 unspecified atom stereocenters. The van der Waals surface area contributed by atoms with Gasteiger partial charge in [0.2, 0.25) is 5.43 Å². The van der Waals surface area contributed by atoms with Crippen molar-refractivity contribution in [2.75, 3.05) is 7.11 Å². The predicted molar refractivity (Wildman–Crippen MR) is 84.0 cm³/mol. The molecule has 0 saturated heterocycles. The molecule has 0 saturated carbocycles. The molecule has 0 aliphatic rings. The molecule has 0 aliphatic carbocycles. The van der Waals surface area contributed by atoms with Crippen molar-refractivity contribution >= 4 is 32.7 Å². The monoisotopic (exact) mass is 276 g/mol. The molecule has 0 atom stereocenters. The zero-order valence-corrected chi connectivity index (χ0v) is 11.4. The molecule has 1 aromatic heterocycles. The highest BCUT2D eigenvalue weighted by Gasteiger charge is 2.09. The second kappa shape index (κ2) is 4.35. The normalized spacial score (nSPS) is 11.3. The van der Waals surface area contributed by atoms with E-state index < -0.39 is 0 Å². The van der Waals surface area contributed by atoms with Crippen LogP contribution >= 0.6 is 0 Å². The summed E-state index contributed by atoms with van der Waals surface area (Å²) in [7, 11) is 1.59. The number of benzene rings is 3. The minimum Gasteiger partial charge on any atom is -0.497 e.